The number of hydrogen-bond acceptors (Lipinski definition) is 2. The molecule has 0 spiro atoms. The van der Waals surface area contributed by atoms with Crippen LogP contribution in [-0.4, -0.2) is 19.7 Å². The van der Waals surface area contributed by atoms with Crippen LogP contribution >= 0.6 is 0 Å². The van der Waals surface area contributed by atoms with Crippen LogP contribution < -0.4 is 15.4 Å². The van der Waals surface area contributed by atoms with E-state index < -0.39 is 0 Å². The standard InChI is InChI=1S/C15H24N2O2/c1-12(2)6-5-9-16-15(18)17-11-13-7-4-8-14(10-13)19-3/h4,7-8,10,12H,5-6,9,11H2,1-3H3,(H2,16,17,18). The van der Waals surface area contributed by atoms with Crippen molar-refractivity contribution in [2.75, 3.05) is 13.7 Å². The molecule has 0 aliphatic rings. The molecule has 0 unspecified atom stereocenters. The average Bonchev–Trinajstić information content (AvgIpc) is 2.41. The van der Waals surface area contributed by atoms with Gasteiger partial charge in [0.15, 0.2) is 0 Å². The molecule has 106 valence electrons. The number of rotatable bonds is 7. The lowest BCUT2D eigenvalue weighted by Crippen LogP contribution is -2.35. The van der Waals surface area contributed by atoms with E-state index in [9.17, 15) is 4.79 Å². The van der Waals surface area contributed by atoms with Gasteiger partial charge in [0.2, 0.25) is 0 Å². The molecule has 0 atom stereocenters. The SMILES string of the molecule is COc1cccc(CNC(=O)NCCCC(C)C)c1. The van der Waals surface area contributed by atoms with Crippen LogP contribution in [-0.2, 0) is 6.54 Å². The van der Waals surface area contributed by atoms with Crippen LogP contribution in [0.5, 0.6) is 5.75 Å². The van der Waals surface area contributed by atoms with Crippen molar-refractivity contribution < 1.29 is 9.53 Å². The molecule has 4 heteroatoms. The second-order valence-corrected chi connectivity index (χ2v) is 5.00. The monoisotopic (exact) mass is 264 g/mol. The summed E-state index contributed by atoms with van der Waals surface area (Å²) in [5.41, 5.74) is 1.02. The van der Waals surface area contributed by atoms with Gasteiger partial charge in [-0.2, -0.15) is 0 Å². The summed E-state index contributed by atoms with van der Waals surface area (Å²) in [6.45, 7) is 5.60. The van der Waals surface area contributed by atoms with Crippen LogP contribution in [0.25, 0.3) is 0 Å². The van der Waals surface area contributed by atoms with Crippen molar-refractivity contribution in [3.8, 4) is 5.75 Å². The van der Waals surface area contributed by atoms with Gasteiger partial charge < -0.3 is 15.4 Å². The Hall–Kier alpha value is -1.71. The zero-order valence-electron chi connectivity index (χ0n) is 12.0. The first kappa shape index (κ1) is 15.3. The van der Waals surface area contributed by atoms with Crippen LogP contribution in [0.2, 0.25) is 0 Å². The van der Waals surface area contributed by atoms with Crippen LogP contribution in [0.1, 0.15) is 32.3 Å². The molecule has 0 aromatic heterocycles. The highest BCUT2D eigenvalue weighted by Crippen LogP contribution is 2.11. The second-order valence-electron chi connectivity index (χ2n) is 5.00. The van der Waals surface area contributed by atoms with Gasteiger partial charge in [0.1, 0.15) is 5.75 Å². The zero-order valence-corrected chi connectivity index (χ0v) is 12.0. The first-order valence-corrected chi connectivity index (χ1v) is 6.76. The average molecular weight is 264 g/mol. The second kappa shape index (κ2) is 8.40. The van der Waals surface area contributed by atoms with E-state index in [4.69, 9.17) is 4.74 Å². The Labute approximate surface area is 115 Å². The Balaban J connectivity index is 2.22. The van der Waals surface area contributed by atoms with E-state index >= 15 is 0 Å². The number of carbonyl (C=O) groups is 1. The molecule has 1 aromatic rings. The van der Waals surface area contributed by atoms with Crippen molar-refractivity contribution in [2.45, 2.75) is 33.2 Å². The summed E-state index contributed by atoms with van der Waals surface area (Å²) in [5, 5.41) is 5.69. The Kier molecular flexibility index (Phi) is 6.79. The molecule has 19 heavy (non-hydrogen) atoms. The minimum Gasteiger partial charge on any atom is -0.497 e. The van der Waals surface area contributed by atoms with Crippen LogP contribution in [0.4, 0.5) is 4.79 Å². The number of hydrogen-bond donors (Lipinski definition) is 2. The first-order chi connectivity index (χ1) is 9.11. The Morgan fingerprint density at radius 3 is 2.79 bits per heavy atom. The number of amides is 2. The van der Waals surface area contributed by atoms with Gasteiger partial charge in [0.25, 0.3) is 0 Å². The molecular formula is C15H24N2O2. The number of urea groups is 1. The summed E-state index contributed by atoms with van der Waals surface area (Å²) in [5.74, 6) is 1.48. The van der Waals surface area contributed by atoms with E-state index in [1.807, 2.05) is 24.3 Å². The predicted molar refractivity (Wildman–Crippen MR) is 77.3 cm³/mol. The topological polar surface area (TPSA) is 50.4 Å². The van der Waals surface area contributed by atoms with Crippen molar-refractivity contribution in [3.63, 3.8) is 0 Å². The largest absolute Gasteiger partial charge is 0.497 e. The molecule has 0 saturated carbocycles. The Morgan fingerprint density at radius 1 is 1.32 bits per heavy atom. The summed E-state index contributed by atoms with van der Waals surface area (Å²) < 4.78 is 5.14. The molecule has 2 N–H and O–H groups in total. The fourth-order valence-electron chi connectivity index (χ4n) is 1.74. The summed E-state index contributed by atoms with van der Waals surface area (Å²) in [6.07, 6.45) is 2.15. The molecule has 1 rings (SSSR count). The summed E-state index contributed by atoms with van der Waals surface area (Å²) in [7, 11) is 1.63. The molecule has 0 saturated heterocycles. The fraction of sp³-hybridized carbons (Fsp3) is 0.533. The third-order valence-corrected chi connectivity index (χ3v) is 2.83. The molecule has 0 aliphatic carbocycles. The van der Waals surface area contributed by atoms with E-state index in [0.717, 1.165) is 30.7 Å². The highest BCUT2D eigenvalue weighted by atomic mass is 16.5. The molecule has 0 heterocycles. The van der Waals surface area contributed by atoms with Gasteiger partial charge in [0, 0.05) is 13.1 Å². The molecule has 2 amide bonds. The third-order valence-electron chi connectivity index (χ3n) is 2.83. The molecule has 4 nitrogen and oxygen atoms in total. The normalized spacial score (nSPS) is 10.3. The lowest BCUT2D eigenvalue weighted by molar-refractivity contribution is 0.240. The van der Waals surface area contributed by atoms with E-state index in [0.29, 0.717) is 12.5 Å². The summed E-state index contributed by atoms with van der Waals surface area (Å²) >= 11 is 0. The molecule has 0 bridgehead atoms. The van der Waals surface area contributed by atoms with Crippen molar-refractivity contribution in [2.24, 2.45) is 5.92 Å². The number of nitrogens with one attached hydrogen (secondary N) is 2. The number of carbonyl (C=O) groups excluding carboxylic acids is 1. The van der Waals surface area contributed by atoms with E-state index in [-0.39, 0.29) is 6.03 Å². The van der Waals surface area contributed by atoms with Gasteiger partial charge >= 0.3 is 6.03 Å². The maximum absolute atomic E-state index is 11.6. The van der Waals surface area contributed by atoms with Crippen molar-refractivity contribution in [1.29, 1.82) is 0 Å². The molecular weight excluding hydrogens is 240 g/mol. The molecule has 0 fully saturated rings. The fourth-order valence-corrected chi connectivity index (χ4v) is 1.74. The lowest BCUT2D eigenvalue weighted by atomic mass is 10.1. The minimum absolute atomic E-state index is 0.119. The van der Waals surface area contributed by atoms with Gasteiger partial charge in [-0.15, -0.1) is 0 Å². The summed E-state index contributed by atoms with van der Waals surface area (Å²) in [4.78, 5) is 11.6. The quantitative estimate of drug-likeness (QED) is 0.744. The smallest absolute Gasteiger partial charge is 0.315 e. The van der Waals surface area contributed by atoms with Gasteiger partial charge in [-0.1, -0.05) is 26.0 Å². The number of benzene rings is 1. The zero-order chi connectivity index (χ0) is 14.1. The van der Waals surface area contributed by atoms with Crippen molar-refractivity contribution >= 4 is 6.03 Å². The summed E-state index contributed by atoms with van der Waals surface area (Å²) in [6, 6.07) is 7.55. The third kappa shape index (κ3) is 6.70. The highest BCUT2D eigenvalue weighted by Gasteiger charge is 2.01. The molecule has 0 aliphatic heterocycles. The van der Waals surface area contributed by atoms with Crippen molar-refractivity contribution in [3.05, 3.63) is 29.8 Å². The number of ether oxygens (including phenoxy) is 1. The maximum atomic E-state index is 11.6. The lowest BCUT2D eigenvalue weighted by Gasteiger charge is -2.09. The predicted octanol–water partition coefficient (Wildman–Crippen LogP) is 2.93. The van der Waals surface area contributed by atoms with E-state index in [1.54, 1.807) is 7.11 Å². The Bertz CT molecular complexity index is 391. The van der Waals surface area contributed by atoms with E-state index in [1.165, 1.54) is 0 Å². The molecule has 1 aromatic carbocycles. The number of methoxy groups -OCH3 is 1. The van der Waals surface area contributed by atoms with Crippen LogP contribution in [0.3, 0.4) is 0 Å². The van der Waals surface area contributed by atoms with Crippen LogP contribution in [0.15, 0.2) is 24.3 Å². The van der Waals surface area contributed by atoms with Crippen LogP contribution in [0, 0.1) is 5.92 Å². The van der Waals surface area contributed by atoms with Crippen molar-refractivity contribution in [1.82, 2.24) is 10.6 Å². The van der Waals surface area contributed by atoms with Gasteiger partial charge in [-0.3, -0.25) is 0 Å². The first-order valence-electron chi connectivity index (χ1n) is 6.76. The van der Waals surface area contributed by atoms with Gasteiger partial charge in [-0.05, 0) is 36.5 Å². The Morgan fingerprint density at radius 2 is 2.11 bits per heavy atom. The van der Waals surface area contributed by atoms with E-state index in [2.05, 4.69) is 24.5 Å². The minimum atomic E-state index is -0.119. The van der Waals surface area contributed by atoms with Gasteiger partial charge in [0.05, 0.1) is 7.11 Å². The molecule has 0 radical (unpaired) electrons. The maximum Gasteiger partial charge on any atom is 0.315 e. The highest BCUT2D eigenvalue weighted by molar-refractivity contribution is 5.73. The van der Waals surface area contributed by atoms with Gasteiger partial charge in [-0.25, -0.2) is 4.79 Å².